The van der Waals surface area contributed by atoms with Crippen LogP contribution in [0.1, 0.15) is 19.9 Å². The predicted octanol–water partition coefficient (Wildman–Crippen LogP) is 2.88. The zero-order valence-electron chi connectivity index (χ0n) is 13.5. The summed E-state index contributed by atoms with van der Waals surface area (Å²) in [7, 11) is 3.76. The molecule has 0 amide bonds. The Morgan fingerprint density at radius 1 is 1.17 bits per heavy atom. The third-order valence-corrected chi connectivity index (χ3v) is 3.89. The van der Waals surface area contributed by atoms with Gasteiger partial charge in [-0.05, 0) is 37.6 Å². The molecule has 120 valence electrons. The molecule has 3 rings (SSSR count). The number of anilines is 1. The van der Waals surface area contributed by atoms with Gasteiger partial charge in [0.1, 0.15) is 0 Å². The molecule has 1 aromatic carbocycles. The molecule has 0 saturated carbocycles. The molecule has 0 fully saturated rings. The van der Waals surface area contributed by atoms with Crippen LogP contribution in [-0.2, 0) is 0 Å². The van der Waals surface area contributed by atoms with Gasteiger partial charge in [-0.25, -0.2) is 14.3 Å². The van der Waals surface area contributed by atoms with Gasteiger partial charge >= 0.3 is 5.69 Å². The summed E-state index contributed by atoms with van der Waals surface area (Å²) in [4.78, 5) is 23.2. The first-order valence-corrected chi connectivity index (χ1v) is 7.72. The lowest BCUT2D eigenvalue weighted by Crippen LogP contribution is -2.26. The fourth-order valence-electron chi connectivity index (χ4n) is 2.70. The van der Waals surface area contributed by atoms with E-state index in [9.17, 15) is 4.79 Å². The summed E-state index contributed by atoms with van der Waals surface area (Å²) < 4.78 is 3.35. The Labute approximate surface area is 139 Å². The highest BCUT2D eigenvalue weighted by atomic mass is 35.5. The molecule has 0 unspecified atom stereocenters. The molecule has 3 aromatic rings. The normalized spacial score (nSPS) is 11.4. The van der Waals surface area contributed by atoms with E-state index in [1.54, 1.807) is 15.3 Å². The highest BCUT2D eigenvalue weighted by molar-refractivity contribution is 6.28. The summed E-state index contributed by atoms with van der Waals surface area (Å²) in [6.45, 7) is 3.97. The van der Waals surface area contributed by atoms with Gasteiger partial charge in [-0.2, -0.15) is 4.98 Å². The summed E-state index contributed by atoms with van der Waals surface area (Å²) in [5.41, 5.74) is 2.25. The van der Waals surface area contributed by atoms with E-state index in [2.05, 4.69) is 9.97 Å². The van der Waals surface area contributed by atoms with Gasteiger partial charge in [0.05, 0.1) is 22.9 Å². The molecule has 0 spiro atoms. The molecule has 0 N–H and O–H groups in total. The van der Waals surface area contributed by atoms with Gasteiger partial charge in [-0.1, -0.05) is 12.1 Å². The van der Waals surface area contributed by atoms with Crippen molar-refractivity contribution in [2.24, 2.45) is 0 Å². The van der Waals surface area contributed by atoms with Gasteiger partial charge in [-0.15, -0.1) is 0 Å². The summed E-state index contributed by atoms with van der Waals surface area (Å²) >= 11 is 5.98. The number of hydrogen-bond donors (Lipinski definition) is 0. The lowest BCUT2D eigenvalue weighted by molar-refractivity contribution is 0.589. The van der Waals surface area contributed by atoms with Crippen molar-refractivity contribution in [1.82, 2.24) is 19.1 Å². The zero-order valence-corrected chi connectivity index (χ0v) is 14.2. The minimum Gasteiger partial charge on any atom is -0.373 e. The van der Waals surface area contributed by atoms with Gasteiger partial charge in [0, 0.05) is 20.1 Å². The summed E-state index contributed by atoms with van der Waals surface area (Å²) in [5.74, 6) is 0.482. The molecule has 0 atom stereocenters. The second-order valence-electron chi connectivity index (χ2n) is 5.81. The molecule has 0 aliphatic carbocycles. The molecule has 0 saturated heterocycles. The van der Waals surface area contributed by atoms with E-state index in [0.29, 0.717) is 5.82 Å². The number of halogens is 1. The van der Waals surface area contributed by atoms with E-state index in [1.807, 2.05) is 57.1 Å². The first-order valence-electron chi connectivity index (χ1n) is 7.34. The van der Waals surface area contributed by atoms with Gasteiger partial charge < -0.3 is 4.90 Å². The summed E-state index contributed by atoms with van der Waals surface area (Å²) in [6, 6.07) is 7.70. The minimum absolute atomic E-state index is 0.0359. The fourth-order valence-corrected chi connectivity index (χ4v) is 2.83. The molecule has 2 aromatic heterocycles. The lowest BCUT2D eigenvalue weighted by atomic mass is 10.3. The largest absolute Gasteiger partial charge is 0.373 e. The van der Waals surface area contributed by atoms with Gasteiger partial charge in [0.15, 0.2) is 5.82 Å². The van der Waals surface area contributed by atoms with E-state index in [1.165, 1.54) is 0 Å². The molecule has 0 aliphatic rings. The lowest BCUT2D eigenvalue weighted by Gasteiger charge is -2.16. The smallest absolute Gasteiger partial charge is 0.335 e. The van der Waals surface area contributed by atoms with Crippen LogP contribution >= 0.6 is 11.6 Å². The van der Waals surface area contributed by atoms with Gasteiger partial charge in [-0.3, -0.25) is 4.57 Å². The average molecular weight is 332 g/mol. The van der Waals surface area contributed by atoms with E-state index < -0.39 is 0 Å². The molecule has 0 aliphatic heterocycles. The van der Waals surface area contributed by atoms with Crippen molar-refractivity contribution >= 4 is 28.3 Å². The Bertz CT molecular complexity index is 926. The Morgan fingerprint density at radius 3 is 2.43 bits per heavy atom. The van der Waals surface area contributed by atoms with Crippen LogP contribution in [0.4, 0.5) is 5.69 Å². The van der Waals surface area contributed by atoms with Crippen LogP contribution in [0.25, 0.3) is 16.9 Å². The Hall–Kier alpha value is -2.34. The first kappa shape index (κ1) is 15.6. The van der Waals surface area contributed by atoms with Crippen LogP contribution in [0, 0.1) is 0 Å². The maximum Gasteiger partial charge on any atom is 0.335 e. The van der Waals surface area contributed by atoms with E-state index >= 15 is 0 Å². The van der Waals surface area contributed by atoms with Crippen molar-refractivity contribution in [3.8, 4) is 5.82 Å². The van der Waals surface area contributed by atoms with Gasteiger partial charge in [0.2, 0.25) is 5.28 Å². The van der Waals surface area contributed by atoms with E-state index in [-0.39, 0.29) is 17.0 Å². The molecule has 6 nitrogen and oxygen atoms in total. The Kier molecular flexibility index (Phi) is 3.85. The highest BCUT2D eigenvalue weighted by Crippen LogP contribution is 2.25. The molecule has 0 radical (unpaired) electrons. The van der Waals surface area contributed by atoms with Crippen molar-refractivity contribution in [3.63, 3.8) is 0 Å². The molecular formula is C16H18ClN5O. The van der Waals surface area contributed by atoms with Gasteiger partial charge in [0.25, 0.3) is 0 Å². The molecule has 2 heterocycles. The quantitative estimate of drug-likeness (QED) is 0.692. The molecular weight excluding hydrogens is 314 g/mol. The third kappa shape index (κ3) is 2.49. The number of aromatic nitrogens is 4. The monoisotopic (exact) mass is 331 g/mol. The third-order valence-electron chi connectivity index (χ3n) is 3.71. The minimum atomic E-state index is -0.140. The van der Waals surface area contributed by atoms with Crippen LogP contribution in [0.2, 0.25) is 5.28 Å². The van der Waals surface area contributed by atoms with Crippen molar-refractivity contribution in [2.45, 2.75) is 19.9 Å². The number of fused-ring (bicyclic) bond motifs is 1. The van der Waals surface area contributed by atoms with Crippen LogP contribution < -0.4 is 10.6 Å². The molecule has 7 heteroatoms. The number of para-hydroxylation sites is 2. The van der Waals surface area contributed by atoms with Crippen LogP contribution in [0.3, 0.4) is 0 Å². The first-order chi connectivity index (χ1) is 10.9. The fraction of sp³-hybridized carbons (Fsp3) is 0.312. The summed E-state index contributed by atoms with van der Waals surface area (Å²) in [5, 5.41) is 0.110. The van der Waals surface area contributed by atoms with Crippen molar-refractivity contribution in [2.75, 3.05) is 19.0 Å². The van der Waals surface area contributed by atoms with Crippen molar-refractivity contribution in [3.05, 3.63) is 46.2 Å². The Balaban J connectivity index is 2.45. The van der Waals surface area contributed by atoms with Crippen molar-refractivity contribution in [1.29, 1.82) is 0 Å². The predicted molar refractivity (Wildman–Crippen MR) is 92.8 cm³/mol. The number of benzene rings is 1. The van der Waals surface area contributed by atoms with Crippen molar-refractivity contribution < 1.29 is 0 Å². The highest BCUT2D eigenvalue weighted by Gasteiger charge is 2.20. The maximum absolute atomic E-state index is 13.0. The summed E-state index contributed by atoms with van der Waals surface area (Å²) in [6.07, 6.45) is 1.62. The maximum atomic E-state index is 13.0. The standard InChI is InChI=1S/C16H18ClN5O/c1-10(2)21-11-7-5-6-8-12(11)22(16(21)23)14-13(20(3)4)9-18-15(17)19-14/h5-10H,1-4H3. The van der Waals surface area contributed by atoms with Crippen LogP contribution in [-0.4, -0.2) is 33.2 Å². The molecule has 0 bridgehead atoms. The zero-order chi connectivity index (χ0) is 16.7. The number of rotatable bonds is 3. The second kappa shape index (κ2) is 5.70. The second-order valence-corrected chi connectivity index (χ2v) is 6.15. The van der Waals surface area contributed by atoms with Crippen LogP contribution in [0.15, 0.2) is 35.3 Å². The van der Waals surface area contributed by atoms with E-state index in [4.69, 9.17) is 11.6 Å². The average Bonchev–Trinajstić information content (AvgIpc) is 2.78. The topological polar surface area (TPSA) is 56.0 Å². The Morgan fingerprint density at radius 2 is 1.83 bits per heavy atom. The van der Waals surface area contributed by atoms with Crippen LogP contribution in [0.5, 0.6) is 0 Å². The van der Waals surface area contributed by atoms with E-state index in [0.717, 1.165) is 16.7 Å². The number of imidazole rings is 1. The number of hydrogen-bond acceptors (Lipinski definition) is 4. The SMILES string of the molecule is CC(C)n1c(=O)n(-c2nc(Cl)ncc2N(C)C)c2ccccc21. The molecule has 23 heavy (non-hydrogen) atoms. The number of nitrogens with zero attached hydrogens (tertiary/aromatic N) is 5.